The largest absolute Gasteiger partial charge is 0.494 e. The van der Waals surface area contributed by atoms with Crippen LogP contribution in [-0.2, 0) is 11.3 Å². The van der Waals surface area contributed by atoms with Crippen LogP contribution in [0.15, 0.2) is 47.5 Å². The predicted octanol–water partition coefficient (Wildman–Crippen LogP) is 4.79. The van der Waals surface area contributed by atoms with E-state index in [1.165, 1.54) is 37.9 Å². The van der Waals surface area contributed by atoms with Crippen LogP contribution in [0.25, 0.3) is 10.9 Å². The number of piperidine rings is 1. The smallest absolute Gasteiger partial charge is 0.338 e. The van der Waals surface area contributed by atoms with Gasteiger partial charge in [0.25, 0.3) is 0 Å². The third-order valence-corrected chi connectivity index (χ3v) is 5.46. The van der Waals surface area contributed by atoms with E-state index in [0.717, 1.165) is 17.6 Å². The van der Waals surface area contributed by atoms with E-state index in [-0.39, 0.29) is 11.8 Å². The average Bonchev–Trinajstić information content (AvgIpc) is 3.08. The minimum atomic E-state index is -0.381. The second-order valence-electron chi connectivity index (χ2n) is 7.63. The lowest BCUT2D eigenvalue weighted by Gasteiger charge is -2.26. The molecule has 156 valence electrons. The number of aromatic hydroxyl groups is 1. The van der Waals surface area contributed by atoms with Crippen LogP contribution in [0.5, 0.6) is 5.88 Å². The number of rotatable bonds is 6. The van der Waals surface area contributed by atoms with Gasteiger partial charge in [0.15, 0.2) is 5.88 Å². The van der Waals surface area contributed by atoms with Crippen molar-refractivity contribution in [2.45, 2.75) is 32.7 Å². The minimum absolute atomic E-state index is 0.0245. The van der Waals surface area contributed by atoms with Gasteiger partial charge in [0, 0.05) is 23.7 Å². The van der Waals surface area contributed by atoms with E-state index in [2.05, 4.69) is 27.0 Å². The van der Waals surface area contributed by atoms with E-state index in [4.69, 9.17) is 4.74 Å². The third-order valence-electron chi connectivity index (χ3n) is 5.46. The predicted molar refractivity (Wildman–Crippen MR) is 119 cm³/mol. The summed E-state index contributed by atoms with van der Waals surface area (Å²) in [5.74, 6) is -0.357. The number of carbonyl (C=O) groups excluding carboxylic acids is 1. The number of H-pyrrole nitrogens is 1. The summed E-state index contributed by atoms with van der Waals surface area (Å²) < 4.78 is 5.03. The molecule has 1 aliphatic heterocycles. The Labute approximate surface area is 176 Å². The van der Waals surface area contributed by atoms with Gasteiger partial charge in [-0.3, -0.25) is 9.89 Å². The highest BCUT2D eigenvalue weighted by Crippen LogP contribution is 2.27. The van der Waals surface area contributed by atoms with Crippen LogP contribution in [0.3, 0.4) is 0 Å². The highest BCUT2D eigenvalue weighted by Gasteiger charge is 2.13. The Morgan fingerprint density at radius 3 is 2.67 bits per heavy atom. The number of ether oxygens (including phenoxy) is 1. The first-order chi connectivity index (χ1) is 14.6. The molecular formula is C24H27N3O3. The summed E-state index contributed by atoms with van der Waals surface area (Å²) in [5.41, 5.74) is 3.82. The molecule has 6 nitrogen and oxygen atoms in total. The molecule has 2 aromatic carbocycles. The van der Waals surface area contributed by atoms with Crippen LogP contribution in [0.2, 0.25) is 0 Å². The van der Waals surface area contributed by atoms with Crippen LogP contribution in [0.4, 0.5) is 5.69 Å². The molecule has 0 radical (unpaired) electrons. The van der Waals surface area contributed by atoms with Crippen molar-refractivity contribution in [1.82, 2.24) is 9.88 Å². The summed E-state index contributed by atoms with van der Waals surface area (Å²) in [6, 6.07) is 13.4. The van der Waals surface area contributed by atoms with E-state index >= 15 is 0 Å². The standard InChI is InChI=1S/C24H27N3O3/c1-2-30-24(29)18-8-11-20-21(23(28)26-22(20)14-18)15-25-19-9-6-17(7-10-19)16-27-12-4-3-5-13-27/h6-11,14-15,26,28H,2-5,12-13,16H2,1H3. The van der Waals surface area contributed by atoms with Gasteiger partial charge in [-0.05, 0) is 62.7 Å². The number of likely N-dealkylation sites (tertiary alicyclic amines) is 1. The maximum absolute atomic E-state index is 11.9. The zero-order chi connectivity index (χ0) is 20.9. The molecule has 2 heterocycles. The van der Waals surface area contributed by atoms with Crippen LogP contribution >= 0.6 is 0 Å². The molecule has 3 aromatic rings. The Balaban J connectivity index is 1.49. The van der Waals surface area contributed by atoms with Gasteiger partial charge in [0.2, 0.25) is 0 Å². The zero-order valence-corrected chi connectivity index (χ0v) is 17.2. The lowest BCUT2D eigenvalue weighted by molar-refractivity contribution is 0.0526. The first-order valence-electron chi connectivity index (χ1n) is 10.5. The van der Waals surface area contributed by atoms with Gasteiger partial charge in [0.1, 0.15) is 0 Å². The number of aliphatic imine (C=N–C) groups is 1. The summed E-state index contributed by atoms with van der Waals surface area (Å²) >= 11 is 0. The highest BCUT2D eigenvalue weighted by molar-refractivity contribution is 6.04. The molecule has 1 aromatic heterocycles. The van der Waals surface area contributed by atoms with E-state index in [1.54, 1.807) is 31.3 Å². The average molecular weight is 405 g/mol. The molecule has 0 atom stereocenters. The van der Waals surface area contributed by atoms with Crippen LogP contribution in [-0.4, -0.2) is 46.9 Å². The topological polar surface area (TPSA) is 77.9 Å². The number of nitrogens with one attached hydrogen (secondary N) is 1. The fraction of sp³-hybridized carbons (Fsp3) is 0.333. The number of nitrogens with zero attached hydrogens (tertiary/aromatic N) is 2. The lowest BCUT2D eigenvalue weighted by atomic mass is 10.1. The zero-order valence-electron chi connectivity index (χ0n) is 17.2. The number of esters is 1. The molecule has 0 saturated carbocycles. The van der Waals surface area contributed by atoms with E-state index in [9.17, 15) is 9.90 Å². The summed E-state index contributed by atoms with van der Waals surface area (Å²) in [7, 11) is 0. The molecular weight excluding hydrogens is 378 g/mol. The molecule has 30 heavy (non-hydrogen) atoms. The van der Waals surface area contributed by atoms with Crippen LogP contribution < -0.4 is 0 Å². The maximum atomic E-state index is 11.9. The van der Waals surface area contributed by atoms with Crippen molar-refractivity contribution in [3.8, 4) is 5.88 Å². The Morgan fingerprint density at radius 2 is 1.93 bits per heavy atom. The molecule has 2 N–H and O–H groups in total. The second kappa shape index (κ2) is 9.13. The van der Waals surface area contributed by atoms with Gasteiger partial charge in [-0.15, -0.1) is 0 Å². The fourth-order valence-corrected chi connectivity index (χ4v) is 3.88. The van der Waals surface area contributed by atoms with Crippen molar-refractivity contribution < 1.29 is 14.6 Å². The van der Waals surface area contributed by atoms with Crippen molar-refractivity contribution in [3.05, 3.63) is 59.2 Å². The molecule has 0 aliphatic carbocycles. The molecule has 1 saturated heterocycles. The van der Waals surface area contributed by atoms with Crippen molar-refractivity contribution in [2.75, 3.05) is 19.7 Å². The van der Waals surface area contributed by atoms with Crippen molar-refractivity contribution in [1.29, 1.82) is 0 Å². The highest BCUT2D eigenvalue weighted by atomic mass is 16.5. The van der Waals surface area contributed by atoms with E-state index in [1.807, 2.05) is 12.1 Å². The molecule has 4 rings (SSSR count). The lowest BCUT2D eigenvalue weighted by Crippen LogP contribution is -2.28. The summed E-state index contributed by atoms with van der Waals surface area (Å²) in [5, 5.41) is 11.1. The number of carbonyl (C=O) groups is 1. The third kappa shape index (κ3) is 4.54. The number of aromatic nitrogens is 1. The number of aromatic amines is 1. The number of hydrogen-bond acceptors (Lipinski definition) is 5. The van der Waals surface area contributed by atoms with Crippen molar-refractivity contribution >= 4 is 28.8 Å². The summed E-state index contributed by atoms with van der Waals surface area (Å²) in [4.78, 5) is 21.8. The van der Waals surface area contributed by atoms with Gasteiger partial charge in [-0.1, -0.05) is 24.6 Å². The molecule has 1 aliphatic rings. The maximum Gasteiger partial charge on any atom is 0.338 e. The normalized spacial score (nSPS) is 15.1. The van der Waals surface area contributed by atoms with Gasteiger partial charge in [-0.2, -0.15) is 0 Å². The Kier molecular flexibility index (Phi) is 6.14. The molecule has 6 heteroatoms. The van der Waals surface area contributed by atoms with Crippen LogP contribution in [0.1, 0.15) is 47.7 Å². The SMILES string of the molecule is CCOC(=O)c1ccc2c(C=Nc3ccc(CN4CCCCC4)cc3)c(O)[nH]c2c1. The van der Waals surface area contributed by atoms with Gasteiger partial charge in [0.05, 0.1) is 23.4 Å². The first kappa shape index (κ1) is 20.2. The van der Waals surface area contributed by atoms with Crippen molar-refractivity contribution in [3.63, 3.8) is 0 Å². The molecule has 0 amide bonds. The second-order valence-corrected chi connectivity index (χ2v) is 7.63. The monoisotopic (exact) mass is 405 g/mol. The number of benzene rings is 2. The van der Waals surface area contributed by atoms with E-state index < -0.39 is 0 Å². The molecule has 1 fully saturated rings. The minimum Gasteiger partial charge on any atom is -0.494 e. The Morgan fingerprint density at radius 1 is 1.17 bits per heavy atom. The molecule has 0 unspecified atom stereocenters. The van der Waals surface area contributed by atoms with Gasteiger partial charge < -0.3 is 14.8 Å². The molecule has 0 spiro atoms. The van der Waals surface area contributed by atoms with Gasteiger partial charge in [-0.25, -0.2) is 4.79 Å². The van der Waals surface area contributed by atoms with Gasteiger partial charge >= 0.3 is 5.97 Å². The Hall–Kier alpha value is -3.12. The van der Waals surface area contributed by atoms with Crippen molar-refractivity contribution in [2.24, 2.45) is 4.99 Å². The summed E-state index contributed by atoms with van der Waals surface area (Å²) in [6.45, 7) is 5.43. The Bertz CT molecular complexity index is 1050. The quantitative estimate of drug-likeness (QED) is 0.457. The van der Waals surface area contributed by atoms with Crippen LogP contribution in [0, 0.1) is 0 Å². The first-order valence-corrected chi connectivity index (χ1v) is 10.5. The number of hydrogen-bond donors (Lipinski definition) is 2. The molecule has 0 bridgehead atoms. The number of fused-ring (bicyclic) bond motifs is 1. The summed E-state index contributed by atoms with van der Waals surface area (Å²) in [6.07, 6.45) is 5.57. The fourth-order valence-electron chi connectivity index (χ4n) is 3.88. The van der Waals surface area contributed by atoms with E-state index in [0.29, 0.717) is 23.3 Å².